The average Bonchev–Trinajstić information content (AvgIpc) is 2.30. The third-order valence-electron chi connectivity index (χ3n) is 1.99. The molecule has 0 unspecified atom stereocenters. The van der Waals surface area contributed by atoms with Crippen LogP contribution in [0.2, 0.25) is 0 Å². The van der Waals surface area contributed by atoms with Crippen LogP contribution < -0.4 is 10.5 Å². The van der Waals surface area contributed by atoms with Gasteiger partial charge in [-0.15, -0.1) is 0 Å². The number of ether oxygens (including phenoxy) is 1. The van der Waals surface area contributed by atoms with Gasteiger partial charge in [-0.2, -0.15) is 4.72 Å². The van der Waals surface area contributed by atoms with Gasteiger partial charge in [0.15, 0.2) is 0 Å². The molecule has 3 N–H and O–H groups in total. The van der Waals surface area contributed by atoms with Crippen LogP contribution in [0.5, 0.6) is 0 Å². The van der Waals surface area contributed by atoms with E-state index in [9.17, 15) is 13.2 Å². The van der Waals surface area contributed by atoms with Crippen LogP contribution in [-0.4, -0.2) is 27.5 Å². The molecule has 0 aromatic heterocycles. The van der Waals surface area contributed by atoms with Gasteiger partial charge in [-0.05, 0) is 41.1 Å². The molecule has 0 atom stereocenters. The first-order valence-electron chi connectivity index (χ1n) is 5.07. The van der Waals surface area contributed by atoms with Crippen LogP contribution in [-0.2, 0) is 19.6 Å². The molecule has 0 spiro atoms. The topological polar surface area (TPSA) is 98.5 Å². The van der Waals surface area contributed by atoms with E-state index < -0.39 is 22.5 Å². The highest BCUT2D eigenvalue weighted by atomic mass is 79.9. The van der Waals surface area contributed by atoms with E-state index in [0.717, 1.165) is 0 Å². The Labute approximate surface area is 114 Å². The van der Waals surface area contributed by atoms with E-state index in [1.807, 2.05) is 0 Å². The van der Waals surface area contributed by atoms with Crippen molar-refractivity contribution >= 4 is 37.6 Å². The highest BCUT2D eigenvalue weighted by Crippen LogP contribution is 2.22. The minimum Gasteiger partial charge on any atom is -0.465 e. The van der Waals surface area contributed by atoms with Crippen molar-refractivity contribution < 1.29 is 17.9 Å². The average molecular weight is 337 g/mol. The Hall–Kier alpha value is -1.12. The summed E-state index contributed by atoms with van der Waals surface area (Å²) in [4.78, 5) is 11.1. The van der Waals surface area contributed by atoms with E-state index in [-0.39, 0.29) is 11.5 Å². The summed E-state index contributed by atoms with van der Waals surface area (Å²) < 4.78 is 30.9. The first-order chi connectivity index (χ1) is 8.36. The molecule has 0 radical (unpaired) electrons. The second-order valence-electron chi connectivity index (χ2n) is 3.31. The van der Waals surface area contributed by atoms with Gasteiger partial charge in [-0.25, -0.2) is 8.42 Å². The SMILES string of the molecule is CCOC(=O)CNS(=O)(=O)c1ccc(N)c(Br)c1. The van der Waals surface area contributed by atoms with Crippen molar-refractivity contribution in [3.8, 4) is 0 Å². The molecule has 0 fully saturated rings. The lowest BCUT2D eigenvalue weighted by molar-refractivity contribution is -0.141. The zero-order valence-electron chi connectivity index (χ0n) is 9.64. The van der Waals surface area contributed by atoms with Crippen molar-refractivity contribution in [2.45, 2.75) is 11.8 Å². The summed E-state index contributed by atoms with van der Waals surface area (Å²) in [5.41, 5.74) is 5.99. The van der Waals surface area contributed by atoms with E-state index in [0.29, 0.717) is 10.2 Å². The standard InChI is InChI=1S/C10H13BrN2O4S/c1-2-17-10(14)6-13-18(15,16)7-3-4-9(12)8(11)5-7/h3-5,13H,2,6,12H2,1H3. The minimum atomic E-state index is -3.75. The maximum absolute atomic E-state index is 11.8. The molecule has 0 aliphatic heterocycles. The van der Waals surface area contributed by atoms with E-state index in [2.05, 4.69) is 25.4 Å². The number of esters is 1. The molecule has 100 valence electrons. The van der Waals surface area contributed by atoms with Crippen molar-refractivity contribution in [3.05, 3.63) is 22.7 Å². The van der Waals surface area contributed by atoms with Crippen LogP contribution in [0.3, 0.4) is 0 Å². The first kappa shape index (κ1) is 14.9. The zero-order valence-corrected chi connectivity index (χ0v) is 12.0. The van der Waals surface area contributed by atoms with Crippen molar-refractivity contribution in [2.75, 3.05) is 18.9 Å². The molecule has 0 aliphatic carbocycles. The monoisotopic (exact) mass is 336 g/mol. The summed E-state index contributed by atoms with van der Waals surface area (Å²) in [5, 5.41) is 0. The maximum Gasteiger partial charge on any atom is 0.321 e. The molecule has 0 bridgehead atoms. The smallest absolute Gasteiger partial charge is 0.321 e. The molecule has 1 aromatic rings. The fourth-order valence-corrected chi connectivity index (χ4v) is 2.65. The Morgan fingerprint density at radius 1 is 1.50 bits per heavy atom. The van der Waals surface area contributed by atoms with Gasteiger partial charge in [0.1, 0.15) is 6.54 Å². The molecule has 18 heavy (non-hydrogen) atoms. The van der Waals surface area contributed by atoms with Gasteiger partial charge >= 0.3 is 5.97 Å². The number of hydrogen-bond donors (Lipinski definition) is 2. The number of nitrogen functional groups attached to an aromatic ring is 1. The minimum absolute atomic E-state index is 0.0212. The van der Waals surface area contributed by atoms with Gasteiger partial charge in [0.05, 0.1) is 11.5 Å². The van der Waals surface area contributed by atoms with Crippen LogP contribution >= 0.6 is 15.9 Å². The van der Waals surface area contributed by atoms with Crippen LogP contribution in [0.1, 0.15) is 6.92 Å². The molecule has 1 rings (SSSR count). The van der Waals surface area contributed by atoms with Gasteiger partial charge in [0.2, 0.25) is 10.0 Å². The number of nitrogens with two attached hydrogens (primary N) is 1. The summed E-state index contributed by atoms with van der Waals surface area (Å²) in [6, 6.07) is 4.18. The van der Waals surface area contributed by atoms with Crippen molar-refractivity contribution in [1.29, 1.82) is 0 Å². The number of halogens is 1. The number of nitrogens with one attached hydrogen (secondary N) is 1. The molecule has 0 saturated carbocycles. The number of hydrogen-bond acceptors (Lipinski definition) is 5. The Morgan fingerprint density at radius 2 is 2.17 bits per heavy atom. The number of sulfonamides is 1. The molecule has 0 heterocycles. The van der Waals surface area contributed by atoms with Crippen molar-refractivity contribution in [3.63, 3.8) is 0 Å². The Kier molecular flexibility index (Phi) is 5.12. The number of rotatable bonds is 5. The lowest BCUT2D eigenvalue weighted by Gasteiger charge is -2.07. The highest BCUT2D eigenvalue weighted by Gasteiger charge is 2.16. The summed E-state index contributed by atoms with van der Waals surface area (Å²) in [7, 11) is -3.75. The largest absolute Gasteiger partial charge is 0.465 e. The summed E-state index contributed by atoms with van der Waals surface area (Å²) >= 11 is 3.13. The predicted octanol–water partition coefficient (Wildman–Crippen LogP) is 0.873. The van der Waals surface area contributed by atoms with Crippen LogP contribution in [0, 0.1) is 0 Å². The number of benzene rings is 1. The fourth-order valence-electron chi connectivity index (χ4n) is 1.12. The van der Waals surface area contributed by atoms with Crippen molar-refractivity contribution in [2.24, 2.45) is 0 Å². The Balaban J connectivity index is 2.80. The maximum atomic E-state index is 11.8. The lowest BCUT2D eigenvalue weighted by atomic mass is 10.3. The van der Waals surface area contributed by atoms with E-state index in [1.165, 1.54) is 18.2 Å². The second-order valence-corrected chi connectivity index (χ2v) is 5.93. The van der Waals surface area contributed by atoms with Gasteiger partial charge in [-0.1, -0.05) is 0 Å². The summed E-state index contributed by atoms with van der Waals surface area (Å²) in [5.74, 6) is -0.629. The Bertz CT molecular complexity index is 545. The second kappa shape index (κ2) is 6.17. The van der Waals surface area contributed by atoms with Crippen molar-refractivity contribution in [1.82, 2.24) is 4.72 Å². The summed E-state index contributed by atoms with van der Waals surface area (Å²) in [6.45, 7) is 1.44. The van der Waals surface area contributed by atoms with Crippen LogP contribution in [0.25, 0.3) is 0 Å². The molecule has 0 amide bonds. The third-order valence-corrected chi connectivity index (χ3v) is 4.08. The van der Waals surface area contributed by atoms with E-state index in [1.54, 1.807) is 6.92 Å². The molecule has 1 aromatic carbocycles. The molecular formula is C10H13BrN2O4S. The third kappa shape index (κ3) is 3.97. The van der Waals surface area contributed by atoms with Crippen LogP contribution in [0.15, 0.2) is 27.6 Å². The van der Waals surface area contributed by atoms with E-state index in [4.69, 9.17) is 5.73 Å². The number of anilines is 1. The number of carbonyl (C=O) groups excluding carboxylic acids is 1. The normalized spacial score (nSPS) is 11.2. The number of carbonyl (C=O) groups is 1. The Morgan fingerprint density at radius 3 is 2.72 bits per heavy atom. The fraction of sp³-hybridized carbons (Fsp3) is 0.300. The quantitative estimate of drug-likeness (QED) is 0.614. The molecule has 0 saturated heterocycles. The van der Waals surface area contributed by atoms with Gasteiger partial charge in [0, 0.05) is 10.2 Å². The van der Waals surface area contributed by atoms with Gasteiger partial charge < -0.3 is 10.5 Å². The van der Waals surface area contributed by atoms with Gasteiger partial charge in [-0.3, -0.25) is 4.79 Å². The van der Waals surface area contributed by atoms with Crippen LogP contribution in [0.4, 0.5) is 5.69 Å². The molecule has 6 nitrogen and oxygen atoms in total. The molecule has 0 aliphatic rings. The molecule has 8 heteroatoms. The highest BCUT2D eigenvalue weighted by molar-refractivity contribution is 9.10. The lowest BCUT2D eigenvalue weighted by Crippen LogP contribution is -2.30. The van der Waals surface area contributed by atoms with E-state index >= 15 is 0 Å². The predicted molar refractivity (Wildman–Crippen MR) is 70.4 cm³/mol. The van der Waals surface area contributed by atoms with Gasteiger partial charge in [0.25, 0.3) is 0 Å². The zero-order chi connectivity index (χ0) is 13.8. The molecular weight excluding hydrogens is 324 g/mol. The first-order valence-corrected chi connectivity index (χ1v) is 7.34. The summed E-state index contributed by atoms with van der Waals surface area (Å²) in [6.07, 6.45) is 0.